The largest absolute Gasteiger partial charge is 0.395 e. The number of aliphatic hydroxyl groups is 1. The summed E-state index contributed by atoms with van der Waals surface area (Å²) in [5.41, 5.74) is 1.82. The van der Waals surface area contributed by atoms with Crippen molar-refractivity contribution in [1.29, 1.82) is 0 Å². The number of aliphatic hydroxyl groups excluding tert-OH is 1. The lowest BCUT2D eigenvalue weighted by Crippen LogP contribution is -2.43. The molecule has 1 amide bonds. The van der Waals surface area contributed by atoms with Gasteiger partial charge in [-0.1, -0.05) is 12.1 Å². The first-order valence-corrected chi connectivity index (χ1v) is 7.08. The Morgan fingerprint density at radius 3 is 2.75 bits per heavy atom. The van der Waals surface area contributed by atoms with Crippen molar-refractivity contribution in [3.8, 4) is 0 Å². The van der Waals surface area contributed by atoms with Crippen molar-refractivity contribution < 1.29 is 9.90 Å². The van der Waals surface area contributed by atoms with Crippen molar-refractivity contribution in [3.05, 3.63) is 35.4 Å². The van der Waals surface area contributed by atoms with Crippen LogP contribution in [0.25, 0.3) is 0 Å². The molecule has 0 unspecified atom stereocenters. The molecule has 5 heteroatoms. The molecular weight excluding hydrogens is 254 g/mol. The van der Waals surface area contributed by atoms with Gasteiger partial charge in [-0.05, 0) is 24.7 Å². The van der Waals surface area contributed by atoms with Crippen LogP contribution in [0.3, 0.4) is 0 Å². The van der Waals surface area contributed by atoms with Gasteiger partial charge in [0.15, 0.2) is 0 Å². The van der Waals surface area contributed by atoms with Crippen LogP contribution in [-0.4, -0.2) is 67.2 Å². The predicted molar refractivity (Wildman–Crippen MR) is 78.6 cm³/mol. The lowest BCUT2D eigenvalue weighted by Gasteiger charge is -2.32. The van der Waals surface area contributed by atoms with Crippen LogP contribution < -0.4 is 5.32 Å². The minimum absolute atomic E-state index is 0.0350. The summed E-state index contributed by atoms with van der Waals surface area (Å²) in [7, 11) is 2.14. The SMILES string of the molecule is CN1CCN(Cc2cccc(C(=O)NCCO)c2)CC1. The quantitative estimate of drug-likeness (QED) is 0.805. The molecule has 0 bridgehead atoms. The highest BCUT2D eigenvalue weighted by Crippen LogP contribution is 2.10. The molecule has 1 aromatic carbocycles. The van der Waals surface area contributed by atoms with E-state index in [-0.39, 0.29) is 12.5 Å². The van der Waals surface area contributed by atoms with E-state index in [4.69, 9.17) is 5.11 Å². The molecule has 0 spiro atoms. The zero-order valence-corrected chi connectivity index (χ0v) is 12.0. The smallest absolute Gasteiger partial charge is 0.251 e. The van der Waals surface area contributed by atoms with Gasteiger partial charge in [-0.3, -0.25) is 9.69 Å². The standard InChI is InChI=1S/C15H23N3O2/c1-17-6-8-18(9-7-17)12-13-3-2-4-14(11-13)15(20)16-5-10-19/h2-4,11,19H,5-10,12H2,1H3,(H,16,20). The van der Waals surface area contributed by atoms with E-state index in [1.54, 1.807) is 6.07 Å². The Labute approximate surface area is 120 Å². The minimum atomic E-state index is -0.126. The summed E-state index contributed by atoms with van der Waals surface area (Å²) in [4.78, 5) is 16.6. The van der Waals surface area contributed by atoms with Gasteiger partial charge in [-0.15, -0.1) is 0 Å². The lowest BCUT2D eigenvalue weighted by molar-refractivity contribution is 0.0944. The van der Waals surface area contributed by atoms with Crippen LogP contribution in [0.15, 0.2) is 24.3 Å². The summed E-state index contributed by atoms with van der Waals surface area (Å²) < 4.78 is 0. The summed E-state index contributed by atoms with van der Waals surface area (Å²) in [6, 6.07) is 7.71. The summed E-state index contributed by atoms with van der Waals surface area (Å²) in [5.74, 6) is -0.126. The molecule has 1 aliphatic rings. The highest BCUT2D eigenvalue weighted by atomic mass is 16.3. The van der Waals surface area contributed by atoms with Crippen molar-refractivity contribution in [2.24, 2.45) is 0 Å². The first-order chi connectivity index (χ1) is 9.69. The molecule has 1 saturated heterocycles. The number of nitrogens with zero attached hydrogens (tertiary/aromatic N) is 2. The Morgan fingerprint density at radius 1 is 1.30 bits per heavy atom. The molecule has 1 aromatic rings. The number of nitrogens with one attached hydrogen (secondary N) is 1. The van der Waals surface area contributed by atoms with E-state index in [1.807, 2.05) is 12.1 Å². The number of carbonyl (C=O) groups is 1. The number of rotatable bonds is 5. The van der Waals surface area contributed by atoms with Gasteiger partial charge in [-0.25, -0.2) is 0 Å². The minimum Gasteiger partial charge on any atom is -0.395 e. The van der Waals surface area contributed by atoms with Crippen molar-refractivity contribution in [2.75, 3.05) is 46.4 Å². The number of hydrogen-bond donors (Lipinski definition) is 2. The second-order valence-electron chi connectivity index (χ2n) is 5.26. The van der Waals surface area contributed by atoms with E-state index in [1.165, 1.54) is 0 Å². The van der Waals surface area contributed by atoms with Gasteiger partial charge in [0.1, 0.15) is 0 Å². The van der Waals surface area contributed by atoms with E-state index in [2.05, 4.69) is 28.2 Å². The third-order valence-corrected chi connectivity index (χ3v) is 3.59. The fourth-order valence-electron chi connectivity index (χ4n) is 2.35. The number of hydrogen-bond acceptors (Lipinski definition) is 4. The normalized spacial score (nSPS) is 17.1. The second-order valence-corrected chi connectivity index (χ2v) is 5.26. The van der Waals surface area contributed by atoms with Gasteiger partial charge >= 0.3 is 0 Å². The maximum atomic E-state index is 11.8. The molecule has 1 fully saturated rings. The first kappa shape index (κ1) is 15.0. The summed E-state index contributed by atoms with van der Waals surface area (Å²) >= 11 is 0. The first-order valence-electron chi connectivity index (χ1n) is 7.08. The summed E-state index contributed by atoms with van der Waals surface area (Å²) in [6.07, 6.45) is 0. The average molecular weight is 277 g/mol. The number of carbonyl (C=O) groups excluding carboxylic acids is 1. The predicted octanol–water partition coefficient (Wildman–Crippen LogP) is 0.156. The molecule has 2 N–H and O–H groups in total. The van der Waals surface area contributed by atoms with Crippen LogP contribution in [0.4, 0.5) is 0 Å². The van der Waals surface area contributed by atoms with Crippen molar-refractivity contribution in [3.63, 3.8) is 0 Å². The van der Waals surface area contributed by atoms with Gasteiger partial charge in [0, 0.05) is 44.8 Å². The number of piperazine rings is 1. The molecular formula is C15H23N3O2. The average Bonchev–Trinajstić information content (AvgIpc) is 2.47. The molecule has 110 valence electrons. The Kier molecular flexibility index (Phi) is 5.52. The van der Waals surface area contributed by atoms with Crippen LogP contribution in [0.5, 0.6) is 0 Å². The highest BCUT2D eigenvalue weighted by molar-refractivity contribution is 5.94. The van der Waals surface area contributed by atoms with E-state index >= 15 is 0 Å². The highest BCUT2D eigenvalue weighted by Gasteiger charge is 2.14. The van der Waals surface area contributed by atoms with E-state index in [0.29, 0.717) is 12.1 Å². The van der Waals surface area contributed by atoms with Gasteiger partial charge in [-0.2, -0.15) is 0 Å². The number of likely N-dealkylation sites (N-methyl/N-ethyl adjacent to an activating group) is 1. The molecule has 20 heavy (non-hydrogen) atoms. The van der Waals surface area contributed by atoms with Crippen LogP contribution >= 0.6 is 0 Å². The van der Waals surface area contributed by atoms with Gasteiger partial charge in [0.25, 0.3) is 5.91 Å². The molecule has 0 atom stereocenters. The third kappa shape index (κ3) is 4.30. The van der Waals surface area contributed by atoms with E-state index < -0.39 is 0 Å². The van der Waals surface area contributed by atoms with E-state index in [0.717, 1.165) is 38.3 Å². The maximum Gasteiger partial charge on any atom is 0.251 e. The molecule has 2 rings (SSSR count). The third-order valence-electron chi connectivity index (χ3n) is 3.59. The van der Waals surface area contributed by atoms with Crippen LogP contribution in [0.2, 0.25) is 0 Å². The Morgan fingerprint density at radius 2 is 2.05 bits per heavy atom. The zero-order chi connectivity index (χ0) is 14.4. The Hall–Kier alpha value is -1.43. The fourth-order valence-corrected chi connectivity index (χ4v) is 2.35. The second kappa shape index (κ2) is 7.38. The molecule has 0 radical (unpaired) electrons. The topological polar surface area (TPSA) is 55.8 Å². The van der Waals surface area contributed by atoms with E-state index in [9.17, 15) is 4.79 Å². The molecule has 1 heterocycles. The molecule has 0 aromatic heterocycles. The number of benzene rings is 1. The maximum absolute atomic E-state index is 11.8. The summed E-state index contributed by atoms with van der Waals surface area (Å²) in [5, 5.41) is 11.4. The van der Waals surface area contributed by atoms with Gasteiger partial charge in [0.05, 0.1) is 6.61 Å². The fraction of sp³-hybridized carbons (Fsp3) is 0.533. The molecule has 0 aliphatic carbocycles. The Balaban J connectivity index is 1.93. The summed E-state index contributed by atoms with van der Waals surface area (Å²) in [6.45, 7) is 5.46. The van der Waals surface area contributed by atoms with Gasteiger partial charge in [0.2, 0.25) is 0 Å². The monoisotopic (exact) mass is 277 g/mol. The molecule has 5 nitrogen and oxygen atoms in total. The molecule has 0 saturated carbocycles. The van der Waals surface area contributed by atoms with Crippen LogP contribution in [0.1, 0.15) is 15.9 Å². The van der Waals surface area contributed by atoms with Gasteiger partial charge < -0.3 is 15.3 Å². The number of amides is 1. The molecule has 1 aliphatic heterocycles. The van der Waals surface area contributed by atoms with Crippen LogP contribution in [-0.2, 0) is 6.54 Å². The van der Waals surface area contributed by atoms with Crippen LogP contribution in [0, 0.1) is 0 Å². The zero-order valence-electron chi connectivity index (χ0n) is 12.0. The Bertz CT molecular complexity index is 442. The van der Waals surface area contributed by atoms with Crippen molar-refractivity contribution in [2.45, 2.75) is 6.54 Å². The van der Waals surface area contributed by atoms with Crippen molar-refractivity contribution >= 4 is 5.91 Å². The van der Waals surface area contributed by atoms with Crippen molar-refractivity contribution in [1.82, 2.24) is 15.1 Å². The lowest BCUT2D eigenvalue weighted by atomic mass is 10.1.